The van der Waals surface area contributed by atoms with Crippen LogP contribution in [0, 0.1) is 0 Å². The van der Waals surface area contributed by atoms with Crippen LogP contribution in [0.3, 0.4) is 0 Å². The van der Waals surface area contributed by atoms with E-state index in [1.54, 1.807) is 18.7 Å². The Kier molecular flexibility index (Phi) is 3.70. The third kappa shape index (κ3) is 2.67. The zero-order valence-corrected chi connectivity index (χ0v) is 12.2. The van der Waals surface area contributed by atoms with Gasteiger partial charge in [0, 0.05) is 43.8 Å². The van der Waals surface area contributed by atoms with Gasteiger partial charge in [-0.1, -0.05) is 0 Å². The number of rotatable bonds is 2. The van der Waals surface area contributed by atoms with Crippen LogP contribution in [0.1, 0.15) is 24.2 Å². The highest BCUT2D eigenvalue weighted by molar-refractivity contribution is 5.94. The molecule has 6 heteroatoms. The van der Waals surface area contributed by atoms with Crippen LogP contribution < -0.4 is 5.32 Å². The minimum atomic E-state index is 0.0422. The quantitative estimate of drug-likeness (QED) is 0.897. The van der Waals surface area contributed by atoms with Crippen LogP contribution in [0.25, 0.3) is 5.82 Å². The van der Waals surface area contributed by atoms with E-state index in [1.807, 2.05) is 27.8 Å². The highest BCUT2D eigenvalue weighted by Crippen LogP contribution is 2.14. The van der Waals surface area contributed by atoms with E-state index < -0.39 is 0 Å². The van der Waals surface area contributed by atoms with Crippen molar-refractivity contribution < 1.29 is 4.79 Å². The molecular weight excluding hydrogens is 266 g/mol. The number of nitrogens with one attached hydrogen (secondary N) is 1. The molecule has 1 aliphatic heterocycles. The lowest BCUT2D eigenvalue weighted by Crippen LogP contribution is -2.57. The van der Waals surface area contributed by atoms with E-state index in [4.69, 9.17) is 0 Å². The van der Waals surface area contributed by atoms with Crippen LogP contribution >= 0.6 is 0 Å². The Morgan fingerprint density at radius 3 is 2.90 bits per heavy atom. The molecule has 21 heavy (non-hydrogen) atoms. The monoisotopic (exact) mass is 285 g/mol. The van der Waals surface area contributed by atoms with Crippen LogP contribution in [-0.4, -0.2) is 50.5 Å². The van der Waals surface area contributed by atoms with Gasteiger partial charge in [-0.3, -0.25) is 9.36 Å². The molecule has 1 aliphatic rings. The SMILES string of the molecule is CC1NCCN(C(=O)c2ccc(-n3ccnc3)nc2)C1C. The van der Waals surface area contributed by atoms with Crippen LogP contribution in [0.5, 0.6) is 0 Å². The summed E-state index contributed by atoms with van der Waals surface area (Å²) in [6, 6.07) is 4.15. The van der Waals surface area contributed by atoms with Crippen LogP contribution in [0.15, 0.2) is 37.1 Å². The van der Waals surface area contributed by atoms with Crippen molar-refractivity contribution in [2.75, 3.05) is 13.1 Å². The number of piperazine rings is 1. The zero-order valence-electron chi connectivity index (χ0n) is 12.2. The van der Waals surface area contributed by atoms with E-state index in [1.165, 1.54) is 0 Å². The summed E-state index contributed by atoms with van der Waals surface area (Å²) in [5, 5.41) is 3.38. The third-order valence-electron chi connectivity index (χ3n) is 4.06. The number of pyridine rings is 1. The molecule has 3 rings (SSSR count). The van der Waals surface area contributed by atoms with Crippen molar-refractivity contribution in [3.8, 4) is 5.82 Å². The van der Waals surface area contributed by atoms with Crippen molar-refractivity contribution in [1.82, 2.24) is 24.8 Å². The van der Waals surface area contributed by atoms with Crippen LogP contribution in [-0.2, 0) is 0 Å². The molecule has 0 spiro atoms. The molecule has 1 fully saturated rings. The first-order chi connectivity index (χ1) is 10.2. The summed E-state index contributed by atoms with van der Waals surface area (Å²) in [7, 11) is 0. The van der Waals surface area contributed by atoms with Gasteiger partial charge < -0.3 is 10.2 Å². The van der Waals surface area contributed by atoms with Gasteiger partial charge in [0.1, 0.15) is 12.1 Å². The normalized spacial score (nSPS) is 22.3. The molecule has 6 nitrogen and oxygen atoms in total. The highest BCUT2D eigenvalue weighted by atomic mass is 16.2. The molecule has 1 N–H and O–H groups in total. The Hall–Kier alpha value is -2.21. The molecule has 0 aromatic carbocycles. The Morgan fingerprint density at radius 2 is 2.24 bits per heavy atom. The van der Waals surface area contributed by atoms with Gasteiger partial charge in [-0.05, 0) is 26.0 Å². The largest absolute Gasteiger partial charge is 0.333 e. The van der Waals surface area contributed by atoms with Gasteiger partial charge in [0.15, 0.2) is 0 Å². The average molecular weight is 285 g/mol. The molecule has 0 aliphatic carbocycles. The van der Waals surface area contributed by atoms with Gasteiger partial charge in [-0.25, -0.2) is 9.97 Å². The summed E-state index contributed by atoms with van der Waals surface area (Å²) < 4.78 is 1.81. The van der Waals surface area contributed by atoms with Crippen LogP contribution in [0.2, 0.25) is 0 Å². The number of carbonyl (C=O) groups is 1. The molecule has 1 saturated heterocycles. The summed E-state index contributed by atoms with van der Waals surface area (Å²) in [4.78, 5) is 22.8. The molecule has 0 bridgehead atoms. The maximum Gasteiger partial charge on any atom is 0.255 e. The average Bonchev–Trinajstić information content (AvgIpc) is 3.04. The van der Waals surface area contributed by atoms with Gasteiger partial charge in [0.2, 0.25) is 0 Å². The number of nitrogens with zero attached hydrogens (tertiary/aromatic N) is 4. The molecule has 110 valence electrons. The Morgan fingerprint density at radius 1 is 1.38 bits per heavy atom. The van der Waals surface area contributed by atoms with Gasteiger partial charge in [-0.15, -0.1) is 0 Å². The first-order valence-corrected chi connectivity index (χ1v) is 7.15. The fourth-order valence-electron chi connectivity index (χ4n) is 2.57. The highest BCUT2D eigenvalue weighted by Gasteiger charge is 2.28. The minimum absolute atomic E-state index is 0.0422. The molecule has 3 heterocycles. The predicted octanol–water partition coefficient (Wildman–Crippen LogP) is 1.09. The summed E-state index contributed by atoms with van der Waals surface area (Å²) in [5.74, 6) is 0.798. The Bertz CT molecular complexity index is 608. The van der Waals surface area contributed by atoms with Gasteiger partial charge >= 0.3 is 0 Å². The predicted molar refractivity (Wildman–Crippen MR) is 79.3 cm³/mol. The minimum Gasteiger partial charge on any atom is -0.333 e. The van der Waals surface area contributed by atoms with E-state index in [0.717, 1.165) is 18.9 Å². The van der Waals surface area contributed by atoms with E-state index in [2.05, 4.69) is 29.1 Å². The van der Waals surface area contributed by atoms with Crippen molar-refractivity contribution in [1.29, 1.82) is 0 Å². The molecule has 2 atom stereocenters. The van der Waals surface area contributed by atoms with Crippen molar-refractivity contribution in [2.24, 2.45) is 0 Å². The molecule has 2 aromatic heterocycles. The lowest BCUT2D eigenvalue weighted by atomic mass is 10.1. The van der Waals surface area contributed by atoms with Crippen LogP contribution in [0.4, 0.5) is 0 Å². The molecular formula is C15H19N5O. The maximum atomic E-state index is 12.6. The lowest BCUT2D eigenvalue weighted by molar-refractivity contribution is 0.0602. The number of aromatic nitrogens is 3. The molecule has 0 saturated carbocycles. The number of imidazole rings is 1. The number of hydrogen-bond donors (Lipinski definition) is 1. The number of hydrogen-bond acceptors (Lipinski definition) is 4. The van der Waals surface area contributed by atoms with Gasteiger partial charge in [0.25, 0.3) is 5.91 Å². The first kappa shape index (κ1) is 13.8. The van der Waals surface area contributed by atoms with Crippen molar-refractivity contribution in [2.45, 2.75) is 25.9 Å². The summed E-state index contributed by atoms with van der Waals surface area (Å²) in [5.41, 5.74) is 0.625. The number of carbonyl (C=O) groups excluding carboxylic acids is 1. The maximum absolute atomic E-state index is 12.6. The van der Waals surface area contributed by atoms with Crippen molar-refractivity contribution >= 4 is 5.91 Å². The first-order valence-electron chi connectivity index (χ1n) is 7.15. The standard InChI is InChI=1S/C15H19N5O/c1-11-12(2)20(8-6-17-11)15(21)13-3-4-14(18-9-13)19-7-5-16-10-19/h3-5,7,9-12,17H,6,8H2,1-2H3. The fraction of sp³-hybridized carbons (Fsp3) is 0.400. The fourth-order valence-corrected chi connectivity index (χ4v) is 2.57. The summed E-state index contributed by atoms with van der Waals surface area (Å²) >= 11 is 0. The molecule has 0 radical (unpaired) electrons. The van der Waals surface area contributed by atoms with Gasteiger partial charge in [-0.2, -0.15) is 0 Å². The summed E-state index contributed by atoms with van der Waals surface area (Å²) in [6.45, 7) is 5.73. The van der Waals surface area contributed by atoms with E-state index in [0.29, 0.717) is 11.6 Å². The second kappa shape index (κ2) is 5.65. The number of amides is 1. The van der Waals surface area contributed by atoms with Gasteiger partial charge in [0.05, 0.1) is 5.56 Å². The van der Waals surface area contributed by atoms with E-state index in [-0.39, 0.29) is 11.9 Å². The Labute approximate surface area is 123 Å². The topological polar surface area (TPSA) is 63.1 Å². The van der Waals surface area contributed by atoms with Crippen molar-refractivity contribution in [3.63, 3.8) is 0 Å². The molecule has 2 unspecified atom stereocenters. The Balaban J connectivity index is 1.79. The summed E-state index contributed by atoms with van der Waals surface area (Å²) in [6.07, 6.45) is 6.84. The third-order valence-corrected chi connectivity index (χ3v) is 4.06. The second-order valence-corrected chi connectivity index (χ2v) is 5.36. The smallest absolute Gasteiger partial charge is 0.255 e. The van der Waals surface area contributed by atoms with E-state index in [9.17, 15) is 4.79 Å². The second-order valence-electron chi connectivity index (χ2n) is 5.36. The van der Waals surface area contributed by atoms with Crippen molar-refractivity contribution in [3.05, 3.63) is 42.6 Å². The molecule has 1 amide bonds. The lowest BCUT2D eigenvalue weighted by Gasteiger charge is -2.38. The zero-order chi connectivity index (χ0) is 14.8. The van der Waals surface area contributed by atoms with E-state index >= 15 is 0 Å². The molecule has 2 aromatic rings.